The van der Waals surface area contributed by atoms with Gasteiger partial charge in [-0.15, -0.1) is 0 Å². The molecule has 5 heteroatoms. The Kier molecular flexibility index (Phi) is 4.44. The van der Waals surface area contributed by atoms with Gasteiger partial charge in [-0.05, 0) is 19.3 Å². The van der Waals surface area contributed by atoms with Crippen LogP contribution >= 0.6 is 0 Å². The Hall–Kier alpha value is -0.130. The molecule has 2 rings (SSSR count). The van der Waals surface area contributed by atoms with Gasteiger partial charge in [0.15, 0.2) is 0 Å². The Morgan fingerprint density at radius 3 is 2.82 bits per heavy atom. The summed E-state index contributed by atoms with van der Waals surface area (Å²) < 4.78 is 32.0. The normalized spacial score (nSPS) is 31.1. The van der Waals surface area contributed by atoms with Gasteiger partial charge in [0.1, 0.15) is 0 Å². The van der Waals surface area contributed by atoms with Gasteiger partial charge in [0.25, 0.3) is 0 Å². The van der Waals surface area contributed by atoms with Crippen LogP contribution in [0.25, 0.3) is 0 Å². The topological polar surface area (TPSA) is 46.6 Å². The lowest BCUT2D eigenvalue weighted by Crippen LogP contribution is -2.55. The number of fused-ring (bicyclic) bond motifs is 1. The number of hydrogen-bond donors (Lipinski definition) is 0. The van der Waals surface area contributed by atoms with Crippen LogP contribution in [0.3, 0.4) is 0 Å². The number of hydrogen-bond acceptors (Lipinski definition) is 3. The van der Waals surface area contributed by atoms with Crippen LogP contribution in [0.15, 0.2) is 0 Å². The van der Waals surface area contributed by atoms with Gasteiger partial charge >= 0.3 is 0 Å². The molecule has 1 aliphatic carbocycles. The molecular formula is C12H23NO3S. The minimum absolute atomic E-state index is 0.111. The van der Waals surface area contributed by atoms with Crippen LogP contribution in [-0.2, 0) is 14.8 Å². The Labute approximate surface area is 104 Å². The predicted octanol–water partition coefficient (Wildman–Crippen LogP) is 1.76. The molecular weight excluding hydrogens is 238 g/mol. The number of morpholine rings is 1. The summed E-state index contributed by atoms with van der Waals surface area (Å²) >= 11 is 0. The number of ether oxygens (including phenoxy) is 1. The lowest BCUT2D eigenvalue weighted by Gasteiger charge is -2.42. The van der Waals surface area contributed by atoms with E-state index < -0.39 is 10.0 Å². The maximum atomic E-state index is 12.3. The summed E-state index contributed by atoms with van der Waals surface area (Å²) in [5.41, 5.74) is 0. The first kappa shape index (κ1) is 13.3. The van der Waals surface area contributed by atoms with E-state index >= 15 is 0 Å². The second kappa shape index (κ2) is 5.67. The van der Waals surface area contributed by atoms with E-state index in [1.165, 1.54) is 6.42 Å². The van der Waals surface area contributed by atoms with Crippen molar-refractivity contribution in [1.82, 2.24) is 4.31 Å². The van der Waals surface area contributed by atoms with Gasteiger partial charge in [-0.25, -0.2) is 8.42 Å². The second-order valence-corrected chi connectivity index (χ2v) is 7.08. The highest BCUT2D eigenvalue weighted by Gasteiger charge is 2.39. The van der Waals surface area contributed by atoms with Gasteiger partial charge < -0.3 is 4.74 Å². The molecule has 0 spiro atoms. The molecule has 0 unspecified atom stereocenters. The molecule has 0 aromatic heterocycles. The first-order valence-corrected chi connectivity index (χ1v) is 8.37. The van der Waals surface area contributed by atoms with Gasteiger partial charge in [-0.1, -0.05) is 26.2 Å². The molecule has 0 amide bonds. The van der Waals surface area contributed by atoms with Gasteiger partial charge in [0.05, 0.1) is 24.5 Å². The van der Waals surface area contributed by atoms with Crippen molar-refractivity contribution >= 4 is 10.0 Å². The van der Waals surface area contributed by atoms with E-state index in [1.807, 2.05) is 6.92 Å². The van der Waals surface area contributed by atoms with E-state index in [-0.39, 0.29) is 12.1 Å². The Morgan fingerprint density at radius 2 is 2.06 bits per heavy atom. The lowest BCUT2D eigenvalue weighted by atomic mass is 9.91. The monoisotopic (exact) mass is 261 g/mol. The van der Waals surface area contributed by atoms with Gasteiger partial charge in [-0.3, -0.25) is 0 Å². The number of sulfonamides is 1. The van der Waals surface area contributed by atoms with Crippen molar-refractivity contribution in [3.05, 3.63) is 0 Å². The Bertz CT molecular complexity index is 340. The highest BCUT2D eigenvalue weighted by atomic mass is 32.2. The van der Waals surface area contributed by atoms with Crippen molar-refractivity contribution in [2.24, 2.45) is 0 Å². The van der Waals surface area contributed by atoms with Crippen LogP contribution in [0.1, 0.15) is 45.4 Å². The summed E-state index contributed by atoms with van der Waals surface area (Å²) in [6.45, 7) is 3.14. The second-order valence-electron chi connectivity index (χ2n) is 5.04. The standard InChI is InChI=1S/C12H23NO3S/c1-2-3-10-17(14,15)13-8-9-16-12-7-5-4-6-11(12)13/h11-12H,2-10H2,1H3/t11-,12+/m1/s1. The molecule has 2 fully saturated rings. The van der Waals surface area contributed by atoms with E-state index in [2.05, 4.69) is 0 Å². The zero-order valence-corrected chi connectivity index (χ0v) is 11.4. The predicted molar refractivity (Wildman–Crippen MR) is 67.4 cm³/mol. The molecule has 0 radical (unpaired) electrons. The highest BCUT2D eigenvalue weighted by molar-refractivity contribution is 7.89. The molecule has 2 atom stereocenters. The average Bonchev–Trinajstić information content (AvgIpc) is 2.36. The largest absolute Gasteiger partial charge is 0.375 e. The molecule has 0 aromatic rings. The lowest BCUT2D eigenvalue weighted by molar-refractivity contribution is -0.0586. The average molecular weight is 261 g/mol. The van der Waals surface area contributed by atoms with Crippen LogP contribution in [0, 0.1) is 0 Å². The van der Waals surface area contributed by atoms with Crippen LogP contribution in [-0.4, -0.2) is 43.8 Å². The van der Waals surface area contributed by atoms with E-state index in [0.717, 1.165) is 32.1 Å². The van der Waals surface area contributed by atoms with E-state index in [0.29, 0.717) is 18.9 Å². The minimum atomic E-state index is -3.06. The summed E-state index contributed by atoms with van der Waals surface area (Å²) in [6, 6.07) is 0.111. The number of nitrogens with zero attached hydrogens (tertiary/aromatic N) is 1. The maximum Gasteiger partial charge on any atom is 0.214 e. The van der Waals surface area contributed by atoms with Crippen LogP contribution < -0.4 is 0 Å². The molecule has 1 saturated carbocycles. The molecule has 100 valence electrons. The summed E-state index contributed by atoms with van der Waals surface area (Å²) in [5.74, 6) is 0.298. The molecule has 2 aliphatic rings. The van der Waals surface area contributed by atoms with Gasteiger partial charge in [-0.2, -0.15) is 4.31 Å². The number of rotatable bonds is 4. The Morgan fingerprint density at radius 1 is 1.29 bits per heavy atom. The maximum absolute atomic E-state index is 12.3. The summed E-state index contributed by atoms with van der Waals surface area (Å²) in [5, 5.41) is 0. The SMILES string of the molecule is CCCCS(=O)(=O)N1CCO[C@H]2CCCC[C@H]21. The molecule has 0 aromatic carbocycles. The molecule has 4 nitrogen and oxygen atoms in total. The fourth-order valence-electron chi connectivity index (χ4n) is 2.85. The van der Waals surface area contributed by atoms with E-state index in [1.54, 1.807) is 4.31 Å². The summed E-state index contributed by atoms with van der Waals surface area (Å²) in [6.07, 6.45) is 6.12. The highest BCUT2D eigenvalue weighted by Crippen LogP contribution is 2.30. The smallest absolute Gasteiger partial charge is 0.214 e. The van der Waals surface area contributed by atoms with Crippen molar-refractivity contribution < 1.29 is 13.2 Å². The third kappa shape index (κ3) is 3.01. The van der Waals surface area contributed by atoms with Crippen molar-refractivity contribution in [1.29, 1.82) is 0 Å². The molecule has 17 heavy (non-hydrogen) atoms. The van der Waals surface area contributed by atoms with Crippen LogP contribution in [0.2, 0.25) is 0 Å². The third-order valence-electron chi connectivity index (χ3n) is 3.79. The molecule has 1 saturated heterocycles. The van der Waals surface area contributed by atoms with E-state index in [4.69, 9.17) is 4.74 Å². The molecule has 1 aliphatic heterocycles. The first-order valence-electron chi connectivity index (χ1n) is 6.76. The fraction of sp³-hybridized carbons (Fsp3) is 1.00. The fourth-order valence-corrected chi connectivity index (χ4v) is 4.74. The summed E-state index contributed by atoms with van der Waals surface area (Å²) in [4.78, 5) is 0. The third-order valence-corrected chi connectivity index (χ3v) is 5.77. The van der Waals surface area contributed by atoms with Crippen molar-refractivity contribution in [3.63, 3.8) is 0 Å². The molecule has 0 N–H and O–H groups in total. The van der Waals surface area contributed by atoms with Crippen LogP contribution in [0.4, 0.5) is 0 Å². The minimum Gasteiger partial charge on any atom is -0.375 e. The van der Waals surface area contributed by atoms with Gasteiger partial charge in [0.2, 0.25) is 10.0 Å². The van der Waals surface area contributed by atoms with Crippen LogP contribution in [0.5, 0.6) is 0 Å². The zero-order chi connectivity index (χ0) is 12.3. The molecule has 0 bridgehead atoms. The van der Waals surface area contributed by atoms with Crippen molar-refractivity contribution in [2.75, 3.05) is 18.9 Å². The number of unbranched alkanes of at least 4 members (excludes halogenated alkanes) is 1. The quantitative estimate of drug-likeness (QED) is 0.774. The Balaban J connectivity index is 2.07. The summed E-state index contributed by atoms with van der Waals surface area (Å²) in [7, 11) is -3.06. The molecule has 1 heterocycles. The van der Waals surface area contributed by atoms with Crippen molar-refractivity contribution in [3.8, 4) is 0 Å². The first-order chi connectivity index (χ1) is 8.15. The van der Waals surface area contributed by atoms with E-state index in [9.17, 15) is 8.42 Å². The van der Waals surface area contributed by atoms with Gasteiger partial charge in [0, 0.05) is 6.54 Å². The van der Waals surface area contributed by atoms with Crippen molar-refractivity contribution in [2.45, 2.75) is 57.6 Å². The zero-order valence-electron chi connectivity index (χ0n) is 10.6.